The molecule has 0 N–H and O–H groups in total. The molecule has 0 aliphatic carbocycles. The van der Waals surface area contributed by atoms with E-state index in [0.29, 0.717) is 30.2 Å². The van der Waals surface area contributed by atoms with Gasteiger partial charge in [-0.15, -0.1) is 4.80 Å². The first-order valence-corrected chi connectivity index (χ1v) is 10.3. The van der Waals surface area contributed by atoms with Crippen LogP contribution in [0.5, 0.6) is 0 Å². The number of hydrogen-bond donors (Lipinski definition) is 0. The summed E-state index contributed by atoms with van der Waals surface area (Å²) in [5.74, 6) is -0.601. The number of rotatable bonds is 5. The summed E-state index contributed by atoms with van der Waals surface area (Å²) in [4.78, 5) is 21.0. The third-order valence-electron chi connectivity index (χ3n) is 5.22. The number of aromatic nitrogens is 6. The average Bonchev–Trinajstić information content (AvgIpc) is 3.52. The summed E-state index contributed by atoms with van der Waals surface area (Å²) >= 11 is 0. The second-order valence-corrected chi connectivity index (χ2v) is 7.49. The van der Waals surface area contributed by atoms with Gasteiger partial charge in [-0.25, -0.2) is 9.37 Å². The van der Waals surface area contributed by atoms with Gasteiger partial charge in [0, 0.05) is 24.0 Å². The Bertz CT molecular complexity index is 1300. The lowest BCUT2D eigenvalue weighted by Crippen LogP contribution is -2.46. The molecule has 0 spiro atoms. The van der Waals surface area contributed by atoms with Gasteiger partial charge in [-0.1, -0.05) is 0 Å². The van der Waals surface area contributed by atoms with Crippen molar-refractivity contribution in [1.29, 1.82) is 0 Å². The van der Waals surface area contributed by atoms with Gasteiger partial charge < -0.3 is 4.74 Å². The third-order valence-corrected chi connectivity index (χ3v) is 5.22. The van der Waals surface area contributed by atoms with E-state index in [1.807, 2.05) is 13.0 Å². The molecular weight excluding hydrogens is 425 g/mol. The van der Waals surface area contributed by atoms with Crippen molar-refractivity contribution in [3.8, 4) is 16.9 Å². The van der Waals surface area contributed by atoms with E-state index in [9.17, 15) is 9.18 Å². The number of carbonyl (C=O) groups excluding carboxylic acids is 1. The van der Waals surface area contributed by atoms with Crippen molar-refractivity contribution in [2.45, 2.75) is 19.7 Å². The maximum absolute atomic E-state index is 13.5. The van der Waals surface area contributed by atoms with Crippen molar-refractivity contribution >= 4 is 5.91 Å². The standard InChI is InChI=1S/C23H20FN7O2/c1-16-3-8-20(31-25-10-11-26-31)22(27-16)23(32)30-12-2-14-33-21(30)15-29-13-9-19(28-29)17-4-6-18(24)7-5-17/h2-11,13-14,21H,12,15H2,1H3. The lowest BCUT2D eigenvalue weighted by Gasteiger charge is -2.32. The molecule has 0 fully saturated rings. The van der Waals surface area contributed by atoms with Gasteiger partial charge in [0.25, 0.3) is 5.91 Å². The molecule has 5 rings (SSSR count). The highest BCUT2D eigenvalue weighted by atomic mass is 19.1. The van der Waals surface area contributed by atoms with E-state index in [0.717, 1.165) is 5.56 Å². The summed E-state index contributed by atoms with van der Waals surface area (Å²) in [5, 5.41) is 12.8. The van der Waals surface area contributed by atoms with Crippen LogP contribution in [0.2, 0.25) is 0 Å². The fourth-order valence-corrected chi connectivity index (χ4v) is 3.59. The molecule has 1 unspecified atom stereocenters. The highest BCUT2D eigenvalue weighted by Gasteiger charge is 2.30. The molecule has 9 nitrogen and oxygen atoms in total. The van der Waals surface area contributed by atoms with Gasteiger partial charge in [-0.2, -0.15) is 15.3 Å². The quantitative estimate of drug-likeness (QED) is 0.469. The molecule has 1 aliphatic rings. The van der Waals surface area contributed by atoms with Crippen LogP contribution in [0.25, 0.3) is 16.9 Å². The van der Waals surface area contributed by atoms with E-state index < -0.39 is 6.23 Å². The van der Waals surface area contributed by atoms with Gasteiger partial charge in [-0.05, 0) is 55.5 Å². The molecule has 0 radical (unpaired) electrons. The number of ether oxygens (including phenoxy) is 1. The van der Waals surface area contributed by atoms with E-state index in [1.54, 1.807) is 64.8 Å². The number of benzene rings is 1. The summed E-state index contributed by atoms with van der Waals surface area (Å²) in [6, 6.07) is 11.5. The van der Waals surface area contributed by atoms with Crippen LogP contribution in [-0.4, -0.2) is 53.3 Å². The van der Waals surface area contributed by atoms with Crippen LogP contribution in [0.3, 0.4) is 0 Å². The molecule has 4 heterocycles. The Kier molecular flexibility index (Phi) is 5.39. The fourth-order valence-electron chi connectivity index (χ4n) is 3.59. The largest absolute Gasteiger partial charge is 0.476 e. The minimum atomic E-state index is -0.593. The first-order chi connectivity index (χ1) is 16.1. The zero-order valence-electron chi connectivity index (χ0n) is 17.7. The van der Waals surface area contributed by atoms with Crippen LogP contribution in [0.4, 0.5) is 4.39 Å². The number of halogens is 1. The normalized spacial score (nSPS) is 15.5. The maximum Gasteiger partial charge on any atom is 0.277 e. The highest BCUT2D eigenvalue weighted by molar-refractivity contribution is 5.96. The van der Waals surface area contributed by atoms with E-state index >= 15 is 0 Å². The average molecular weight is 445 g/mol. The highest BCUT2D eigenvalue weighted by Crippen LogP contribution is 2.21. The molecule has 1 aliphatic heterocycles. The molecule has 0 saturated heterocycles. The van der Waals surface area contributed by atoms with Crippen LogP contribution in [0, 0.1) is 12.7 Å². The monoisotopic (exact) mass is 445 g/mol. The predicted octanol–water partition coefficient (Wildman–Crippen LogP) is 2.99. The molecule has 3 aromatic heterocycles. The minimum absolute atomic E-state index is 0.238. The molecule has 0 bridgehead atoms. The molecule has 1 atom stereocenters. The van der Waals surface area contributed by atoms with Gasteiger partial charge in [-0.3, -0.25) is 14.4 Å². The molecule has 0 saturated carbocycles. The van der Waals surface area contributed by atoms with Crippen LogP contribution in [0.1, 0.15) is 16.2 Å². The molecule has 33 heavy (non-hydrogen) atoms. The Morgan fingerprint density at radius 1 is 1.12 bits per heavy atom. The Balaban J connectivity index is 1.40. The van der Waals surface area contributed by atoms with Crippen molar-refractivity contribution in [2.75, 3.05) is 6.54 Å². The topological polar surface area (TPSA) is 91.0 Å². The van der Waals surface area contributed by atoms with Crippen LogP contribution in [-0.2, 0) is 11.3 Å². The summed E-state index contributed by atoms with van der Waals surface area (Å²) in [5.41, 5.74) is 2.93. The Morgan fingerprint density at radius 2 is 1.91 bits per heavy atom. The van der Waals surface area contributed by atoms with Crippen LogP contribution < -0.4 is 0 Å². The molecule has 10 heteroatoms. The summed E-state index contributed by atoms with van der Waals surface area (Å²) in [6.07, 6.45) is 7.64. The fraction of sp³-hybridized carbons (Fsp3) is 0.174. The number of aryl methyl sites for hydroxylation is 1. The zero-order chi connectivity index (χ0) is 22.8. The third kappa shape index (κ3) is 4.22. The van der Waals surface area contributed by atoms with Gasteiger partial charge >= 0.3 is 0 Å². The van der Waals surface area contributed by atoms with Gasteiger partial charge in [0.15, 0.2) is 11.9 Å². The first-order valence-electron chi connectivity index (χ1n) is 10.3. The van der Waals surface area contributed by atoms with E-state index in [-0.39, 0.29) is 17.4 Å². The van der Waals surface area contributed by atoms with E-state index in [1.165, 1.54) is 16.9 Å². The van der Waals surface area contributed by atoms with Crippen molar-refractivity contribution in [1.82, 2.24) is 34.7 Å². The van der Waals surface area contributed by atoms with Gasteiger partial charge in [0.1, 0.15) is 11.5 Å². The zero-order valence-corrected chi connectivity index (χ0v) is 17.7. The molecule has 4 aromatic rings. The first kappa shape index (κ1) is 20.6. The Hall–Kier alpha value is -4.34. The molecule has 1 aromatic carbocycles. The maximum atomic E-state index is 13.5. The smallest absolute Gasteiger partial charge is 0.277 e. The van der Waals surface area contributed by atoms with E-state index in [4.69, 9.17) is 4.74 Å². The van der Waals surface area contributed by atoms with Crippen LogP contribution in [0.15, 0.2) is 73.4 Å². The number of hydrogen-bond acceptors (Lipinski definition) is 6. The van der Waals surface area contributed by atoms with Crippen molar-refractivity contribution in [3.05, 3.63) is 90.6 Å². The Labute approximate surface area is 188 Å². The lowest BCUT2D eigenvalue weighted by molar-refractivity contribution is -0.0178. The van der Waals surface area contributed by atoms with Gasteiger partial charge in [0.05, 0.1) is 30.9 Å². The van der Waals surface area contributed by atoms with Gasteiger partial charge in [0.2, 0.25) is 0 Å². The molecular formula is C23H20FN7O2. The molecule has 166 valence electrons. The lowest BCUT2D eigenvalue weighted by atomic mass is 10.1. The Morgan fingerprint density at radius 3 is 2.70 bits per heavy atom. The number of pyridine rings is 1. The van der Waals surface area contributed by atoms with Crippen LogP contribution >= 0.6 is 0 Å². The predicted molar refractivity (Wildman–Crippen MR) is 117 cm³/mol. The van der Waals surface area contributed by atoms with Crippen molar-refractivity contribution < 1.29 is 13.9 Å². The van der Waals surface area contributed by atoms with Crippen molar-refractivity contribution in [2.24, 2.45) is 0 Å². The summed E-state index contributed by atoms with van der Waals surface area (Å²) < 4.78 is 20.7. The minimum Gasteiger partial charge on any atom is -0.476 e. The summed E-state index contributed by atoms with van der Waals surface area (Å²) in [7, 11) is 0. The second kappa shape index (κ2) is 8.65. The second-order valence-electron chi connectivity index (χ2n) is 7.49. The van der Waals surface area contributed by atoms with E-state index in [2.05, 4.69) is 20.3 Å². The number of nitrogens with zero attached hydrogens (tertiary/aromatic N) is 7. The number of amides is 1. The number of carbonyl (C=O) groups is 1. The molecule has 1 amide bonds. The SMILES string of the molecule is Cc1ccc(-n2nccn2)c(C(=O)N2CC=COC2Cn2ccc(-c3ccc(F)cc3)n2)n1. The van der Waals surface area contributed by atoms with Crippen molar-refractivity contribution in [3.63, 3.8) is 0 Å². The summed E-state index contributed by atoms with van der Waals surface area (Å²) in [6.45, 7) is 2.48.